The molecule has 0 spiro atoms. The Bertz CT molecular complexity index is 1460. The lowest BCUT2D eigenvalue weighted by atomic mass is 10.2. The lowest BCUT2D eigenvalue weighted by Gasteiger charge is -2.28. The first-order chi connectivity index (χ1) is 29.4. The van der Waals surface area contributed by atoms with E-state index in [0.717, 1.165) is 44.9 Å². The number of ether oxygens (including phenoxy) is 2. The second-order valence-electron chi connectivity index (χ2n) is 15.5. The number of esters is 2. The van der Waals surface area contributed by atoms with Crippen molar-refractivity contribution in [2.75, 3.05) is 47.5 Å². The summed E-state index contributed by atoms with van der Waals surface area (Å²) in [4.78, 5) is 37.5. The highest BCUT2D eigenvalue weighted by molar-refractivity contribution is 7.45. The van der Waals surface area contributed by atoms with Crippen molar-refractivity contribution in [3.05, 3.63) is 122 Å². The van der Waals surface area contributed by atoms with E-state index in [1.54, 1.807) is 6.08 Å². The molecule has 61 heavy (non-hydrogen) atoms. The number of phosphoric acid groups is 1. The first kappa shape index (κ1) is 57.4. The van der Waals surface area contributed by atoms with Crippen LogP contribution in [0.25, 0.3) is 0 Å². The zero-order valence-corrected chi connectivity index (χ0v) is 39.1. The summed E-state index contributed by atoms with van der Waals surface area (Å²) in [6, 6.07) is 0. The maximum absolute atomic E-state index is 12.7. The van der Waals surface area contributed by atoms with Gasteiger partial charge in [-0.3, -0.25) is 14.2 Å². The Hall–Kier alpha value is -3.63. The van der Waals surface area contributed by atoms with Gasteiger partial charge >= 0.3 is 11.9 Å². The summed E-state index contributed by atoms with van der Waals surface area (Å²) in [5.74, 6) is -1.03. The van der Waals surface area contributed by atoms with Crippen LogP contribution in [0.5, 0.6) is 0 Å². The number of allylic oxidation sites excluding steroid dienone is 19. The highest BCUT2D eigenvalue weighted by atomic mass is 31.2. The maximum Gasteiger partial charge on any atom is 0.306 e. The molecule has 10 nitrogen and oxygen atoms in total. The molecular formula is C50H80NO9P. The number of likely N-dealkylation sites (N-methyl/N-ethyl adjacent to an activating group) is 1. The molecule has 1 N–H and O–H groups in total. The maximum atomic E-state index is 12.7. The molecule has 0 aromatic rings. The molecule has 0 saturated heterocycles. The zero-order chi connectivity index (χ0) is 45.1. The van der Waals surface area contributed by atoms with Crippen LogP contribution in [0.2, 0.25) is 0 Å². The number of quaternary nitrogens is 1. The van der Waals surface area contributed by atoms with E-state index >= 15 is 0 Å². The Morgan fingerprint density at radius 2 is 1.10 bits per heavy atom. The molecule has 0 rings (SSSR count). The molecule has 0 aliphatic rings. The number of aliphatic hydroxyl groups is 1. The van der Waals surface area contributed by atoms with Gasteiger partial charge in [0.2, 0.25) is 0 Å². The number of carbonyl (C=O) groups is 2. The fourth-order valence-electron chi connectivity index (χ4n) is 4.97. The SMILES string of the molecule is CCCCC/C=C\C/C=C\C/C=C\C/C=C\C/C=C\CCC(=O)OC[C@H](COP(=O)([O-])OCC[N+](C)(C)C)OC(=O)CCC/C=C\C/C=C\C/C=C\C/C=C\C=C\[C@H](O)CC. The molecule has 0 amide bonds. The standard InChI is InChI=1S/C50H80NO9P/c1-6-8-9-10-11-12-13-14-15-16-17-18-19-23-26-29-32-35-38-41-49(53)57-45-48(46-59-61(55,56)58-44-43-51(3,4)5)60-50(54)42-39-36-33-30-27-24-21-20-22-25-28-31-34-37-40-47(52)7-2/h11-12,14-15,17-18,21-26,30-35,37,40,47-48,52H,6-10,13,16,19-20,27-29,36,38-39,41-46H2,1-5H3/b12-11-,15-14-,18-17-,24-21-,25-22-,26-23-,33-30-,34-31-,35-32-,40-37+/t47-,48-/m1/s1. The average Bonchev–Trinajstić information content (AvgIpc) is 3.21. The van der Waals surface area contributed by atoms with Crippen LogP contribution in [0.15, 0.2) is 122 Å². The summed E-state index contributed by atoms with van der Waals surface area (Å²) in [7, 11) is 1.04. The van der Waals surface area contributed by atoms with E-state index in [-0.39, 0.29) is 32.2 Å². The minimum Gasteiger partial charge on any atom is -0.756 e. The van der Waals surface area contributed by atoms with Crippen LogP contribution in [0.1, 0.15) is 123 Å². The monoisotopic (exact) mass is 870 g/mol. The van der Waals surface area contributed by atoms with Crippen molar-refractivity contribution in [3.63, 3.8) is 0 Å². The topological polar surface area (TPSA) is 131 Å². The molecule has 0 aliphatic heterocycles. The number of rotatable bonds is 38. The van der Waals surface area contributed by atoms with E-state index in [9.17, 15) is 24.2 Å². The second kappa shape index (κ2) is 40.4. The molecule has 0 aliphatic carbocycles. The van der Waals surface area contributed by atoms with Gasteiger partial charge in [0.05, 0.1) is 33.9 Å². The third-order valence-corrected chi connectivity index (χ3v) is 9.60. The van der Waals surface area contributed by atoms with Gasteiger partial charge in [0.25, 0.3) is 7.82 Å². The third kappa shape index (κ3) is 44.2. The molecule has 0 heterocycles. The molecule has 0 bridgehead atoms. The van der Waals surface area contributed by atoms with E-state index in [2.05, 4.69) is 79.8 Å². The zero-order valence-electron chi connectivity index (χ0n) is 38.2. The molecule has 0 aromatic heterocycles. The van der Waals surface area contributed by atoms with Crippen LogP contribution in [0.3, 0.4) is 0 Å². The quantitative estimate of drug-likeness (QED) is 0.0161. The van der Waals surface area contributed by atoms with Crippen LogP contribution in [-0.2, 0) is 32.7 Å². The molecule has 0 aromatic carbocycles. The molecule has 11 heteroatoms. The number of unbranched alkanes of at least 4 members (excludes halogenated alkanes) is 4. The number of hydrogen-bond donors (Lipinski definition) is 1. The summed E-state index contributed by atoms with van der Waals surface area (Å²) in [6.45, 7) is 3.66. The molecule has 0 saturated carbocycles. The largest absolute Gasteiger partial charge is 0.756 e. The smallest absolute Gasteiger partial charge is 0.306 e. The van der Waals surface area contributed by atoms with Gasteiger partial charge in [-0.1, -0.05) is 148 Å². The van der Waals surface area contributed by atoms with Crippen molar-refractivity contribution in [1.82, 2.24) is 0 Å². The Morgan fingerprint density at radius 1 is 0.607 bits per heavy atom. The Morgan fingerprint density at radius 3 is 1.61 bits per heavy atom. The van der Waals surface area contributed by atoms with Crippen molar-refractivity contribution in [2.45, 2.75) is 135 Å². The van der Waals surface area contributed by atoms with Crippen molar-refractivity contribution in [3.8, 4) is 0 Å². The van der Waals surface area contributed by atoms with Gasteiger partial charge < -0.3 is 33.0 Å². The highest BCUT2D eigenvalue weighted by Gasteiger charge is 2.21. The Kier molecular flexibility index (Phi) is 38.0. The highest BCUT2D eigenvalue weighted by Crippen LogP contribution is 2.38. The Balaban J connectivity index is 4.61. The van der Waals surface area contributed by atoms with Crippen molar-refractivity contribution < 1.29 is 47.2 Å². The van der Waals surface area contributed by atoms with Crippen LogP contribution in [-0.4, -0.2) is 81.2 Å². The van der Waals surface area contributed by atoms with Gasteiger partial charge in [-0.2, -0.15) is 0 Å². The fourth-order valence-corrected chi connectivity index (χ4v) is 5.70. The van der Waals surface area contributed by atoms with Gasteiger partial charge in [0, 0.05) is 12.8 Å². The molecular weight excluding hydrogens is 790 g/mol. The van der Waals surface area contributed by atoms with E-state index < -0.39 is 32.5 Å². The molecule has 0 fully saturated rings. The second-order valence-corrected chi connectivity index (χ2v) is 16.9. The minimum absolute atomic E-state index is 0.0666. The van der Waals surface area contributed by atoms with Crippen LogP contribution in [0, 0.1) is 0 Å². The first-order valence-corrected chi connectivity index (χ1v) is 23.8. The molecule has 0 radical (unpaired) electrons. The van der Waals surface area contributed by atoms with Crippen molar-refractivity contribution in [1.29, 1.82) is 0 Å². The van der Waals surface area contributed by atoms with Gasteiger partial charge in [0.15, 0.2) is 6.10 Å². The summed E-state index contributed by atoms with van der Waals surface area (Å²) < 4.78 is 33.7. The predicted octanol–water partition coefficient (Wildman–Crippen LogP) is 11.2. The van der Waals surface area contributed by atoms with E-state index in [1.807, 2.05) is 70.6 Å². The van der Waals surface area contributed by atoms with Crippen LogP contribution >= 0.6 is 7.82 Å². The average molecular weight is 870 g/mol. The van der Waals surface area contributed by atoms with Crippen molar-refractivity contribution >= 4 is 19.8 Å². The Labute approximate surface area is 370 Å². The van der Waals surface area contributed by atoms with Crippen LogP contribution in [0.4, 0.5) is 0 Å². The molecule has 344 valence electrons. The fraction of sp³-hybridized carbons (Fsp3) is 0.560. The summed E-state index contributed by atoms with van der Waals surface area (Å²) >= 11 is 0. The normalized spacial score (nSPS) is 15.2. The molecule has 1 unspecified atom stereocenters. The lowest BCUT2D eigenvalue weighted by Crippen LogP contribution is -2.37. The van der Waals surface area contributed by atoms with Crippen LogP contribution < -0.4 is 4.89 Å². The minimum atomic E-state index is -4.68. The lowest BCUT2D eigenvalue weighted by molar-refractivity contribution is -0.870. The number of phosphoric ester groups is 1. The van der Waals surface area contributed by atoms with E-state index in [4.69, 9.17) is 18.5 Å². The summed E-state index contributed by atoms with van der Waals surface area (Å²) in [6.07, 6.45) is 53.4. The van der Waals surface area contributed by atoms with E-state index in [1.165, 1.54) is 25.7 Å². The number of hydrogen-bond acceptors (Lipinski definition) is 9. The van der Waals surface area contributed by atoms with E-state index in [0.29, 0.717) is 36.7 Å². The van der Waals surface area contributed by atoms with Gasteiger partial charge in [-0.15, -0.1) is 0 Å². The predicted molar refractivity (Wildman–Crippen MR) is 250 cm³/mol. The number of nitrogens with zero attached hydrogens (tertiary/aromatic N) is 1. The third-order valence-electron chi connectivity index (χ3n) is 8.64. The number of carbonyl (C=O) groups excluding carboxylic acids is 2. The van der Waals surface area contributed by atoms with Gasteiger partial charge in [-0.25, -0.2) is 0 Å². The van der Waals surface area contributed by atoms with Gasteiger partial charge in [0.1, 0.15) is 19.8 Å². The molecule has 3 atom stereocenters. The van der Waals surface area contributed by atoms with Gasteiger partial charge in [-0.05, 0) is 83.5 Å². The van der Waals surface area contributed by atoms with Crippen molar-refractivity contribution in [2.24, 2.45) is 0 Å². The first-order valence-electron chi connectivity index (χ1n) is 22.4. The summed E-state index contributed by atoms with van der Waals surface area (Å²) in [5.41, 5.74) is 0. The summed E-state index contributed by atoms with van der Waals surface area (Å²) in [5, 5.41) is 9.49. The number of aliphatic hydroxyl groups excluding tert-OH is 1.